The molecule has 0 aliphatic rings. The fraction of sp³-hybridized carbons (Fsp3) is 0.154. The molecule has 0 aromatic heterocycles. The number of benzene rings is 2. The lowest BCUT2D eigenvalue weighted by Gasteiger charge is -2.07. The van der Waals surface area contributed by atoms with Crippen molar-refractivity contribution in [2.45, 2.75) is 13.3 Å². The molecule has 15 heavy (non-hydrogen) atoms. The Hall–Kier alpha value is -1.83. The van der Waals surface area contributed by atoms with Gasteiger partial charge in [0.2, 0.25) is 0 Å². The smallest absolute Gasteiger partial charge is 0.336 e. The summed E-state index contributed by atoms with van der Waals surface area (Å²) in [6, 6.07) is 11.4. The van der Waals surface area contributed by atoms with Gasteiger partial charge in [-0.2, -0.15) is 0 Å². The molecule has 2 rings (SSSR count). The second-order valence-electron chi connectivity index (χ2n) is 3.48. The maximum Gasteiger partial charge on any atom is 0.336 e. The first-order valence-corrected chi connectivity index (χ1v) is 4.98. The summed E-state index contributed by atoms with van der Waals surface area (Å²) in [6.45, 7) is 1.97. The molecule has 0 aliphatic carbocycles. The minimum atomic E-state index is -0.844. The topological polar surface area (TPSA) is 37.3 Å². The molecule has 2 aromatic carbocycles. The van der Waals surface area contributed by atoms with E-state index in [-0.39, 0.29) is 0 Å². The van der Waals surface area contributed by atoms with Gasteiger partial charge in [-0.05, 0) is 22.8 Å². The van der Waals surface area contributed by atoms with E-state index in [1.807, 2.05) is 43.3 Å². The summed E-state index contributed by atoms with van der Waals surface area (Å²) < 4.78 is 0. The summed E-state index contributed by atoms with van der Waals surface area (Å²) >= 11 is 0. The van der Waals surface area contributed by atoms with E-state index in [1.54, 1.807) is 0 Å². The van der Waals surface area contributed by atoms with Crippen molar-refractivity contribution in [3.05, 3.63) is 47.5 Å². The highest BCUT2D eigenvalue weighted by Crippen LogP contribution is 2.22. The lowest BCUT2D eigenvalue weighted by atomic mass is 9.97. The molecular formula is C13H12O2. The van der Waals surface area contributed by atoms with Gasteiger partial charge in [-0.15, -0.1) is 0 Å². The third kappa shape index (κ3) is 1.59. The molecule has 0 atom stereocenters. The molecule has 1 N–H and O–H groups in total. The number of hydrogen-bond donors (Lipinski definition) is 1. The van der Waals surface area contributed by atoms with Crippen molar-refractivity contribution >= 4 is 16.7 Å². The van der Waals surface area contributed by atoms with Gasteiger partial charge in [0.1, 0.15) is 0 Å². The lowest BCUT2D eigenvalue weighted by Crippen LogP contribution is -2.02. The molecule has 0 saturated heterocycles. The fourth-order valence-electron chi connectivity index (χ4n) is 1.86. The predicted molar refractivity (Wildman–Crippen MR) is 60.3 cm³/mol. The van der Waals surface area contributed by atoms with E-state index in [4.69, 9.17) is 0 Å². The Labute approximate surface area is 88.2 Å². The molecule has 76 valence electrons. The average molecular weight is 200 g/mol. The van der Waals surface area contributed by atoms with Crippen molar-refractivity contribution in [2.24, 2.45) is 0 Å². The highest BCUT2D eigenvalue weighted by atomic mass is 16.4. The first-order chi connectivity index (χ1) is 7.24. The van der Waals surface area contributed by atoms with E-state index in [0.717, 1.165) is 22.8 Å². The van der Waals surface area contributed by atoms with Crippen LogP contribution in [0, 0.1) is 0 Å². The largest absolute Gasteiger partial charge is 0.478 e. The second kappa shape index (κ2) is 3.73. The van der Waals surface area contributed by atoms with Gasteiger partial charge in [-0.1, -0.05) is 43.3 Å². The van der Waals surface area contributed by atoms with Crippen LogP contribution in [-0.2, 0) is 6.42 Å². The van der Waals surface area contributed by atoms with Crippen molar-refractivity contribution in [3.8, 4) is 0 Å². The molecule has 0 amide bonds. The molecule has 0 aliphatic heterocycles. The highest BCUT2D eigenvalue weighted by molar-refractivity contribution is 6.05. The van der Waals surface area contributed by atoms with Crippen LogP contribution in [0.3, 0.4) is 0 Å². The summed E-state index contributed by atoms with van der Waals surface area (Å²) in [4.78, 5) is 11.2. The minimum Gasteiger partial charge on any atom is -0.478 e. The van der Waals surface area contributed by atoms with Crippen molar-refractivity contribution < 1.29 is 9.90 Å². The normalized spacial score (nSPS) is 10.5. The van der Waals surface area contributed by atoms with Crippen LogP contribution in [-0.4, -0.2) is 11.1 Å². The Bertz CT molecular complexity index is 515. The predicted octanol–water partition coefficient (Wildman–Crippen LogP) is 3.10. The number of aryl methyl sites for hydroxylation is 1. The van der Waals surface area contributed by atoms with Gasteiger partial charge >= 0.3 is 5.97 Å². The van der Waals surface area contributed by atoms with E-state index in [0.29, 0.717) is 5.56 Å². The van der Waals surface area contributed by atoms with Gasteiger partial charge in [0.15, 0.2) is 0 Å². The number of carboxylic acid groups (broad SMARTS) is 1. The van der Waals surface area contributed by atoms with E-state index in [9.17, 15) is 9.90 Å². The molecule has 0 radical (unpaired) electrons. The van der Waals surface area contributed by atoms with Crippen molar-refractivity contribution in [2.75, 3.05) is 0 Å². The minimum absolute atomic E-state index is 0.440. The van der Waals surface area contributed by atoms with Crippen LogP contribution >= 0.6 is 0 Å². The van der Waals surface area contributed by atoms with Crippen LogP contribution in [0.5, 0.6) is 0 Å². The van der Waals surface area contributed by atoms with Crippen LogP contribution in [0.15, 0.2) is 36.4 Å². The first-order valence-electron chi connectivity index (χ1n) is 4.98. The Morgan fingerprint density at radius 3 is 2.60 bits per heavy atom. The number of carbonyl (C=O) groups is 1. The fourth-order valence-corrected chi connectivity index (χ4v) is 1.86. The van der Waals surface area contributed by atoms with Crippen molar-refractivity contribution in [3.63, 3.8) is 0 Å². The molecular weight excluding hydrogens is 188 g/mol. The third-order valence-electron chi connectivity index (χ3n) is 2.61. The van der Waals surface area contributed by atoms with Crippen LogP contribution in [0.25, 0.3) is 10.8 Å². The van der Waals surface area contributed by atoms with E-state index in [1.165, 1.54) is 0 Å². The standard InChI is InChI=1S/C13H12O2/c1-2-9-7-8-10-5-3-4-6-11(10)12(9)13(14)15/h3-8H,2H2,1H3,(H,14,15). The van der Waals surface area contributed by atoms with Crippen molar-refractivity contribution in [1.29, 1.82) is 0 Å². The number of carboxylic acids is 1. The summed E-state index contributed by atoms with van der Waals surface area (Å²) in [5.74, 6) is -0.844. The Morgan fingerprint density at radius 2 is 1.93 bits per heavy atom. The van der Waals surface area contributed by atoms with Crippen LogP contribution in [0.1, 0.15) is 22.8 Å². The zero-order valence-electron chi connectivity index (χ0n) is 8.53. The first kappa shape index (κ1) is 9.71. The monoisotopic (exact) mass is 200 g/mol. The van der Waals surface area contributed by atoms with E-state index >= 15 is 0 Å². The SMILES string of the molecule is CCc1ccc2ccccc2c1C(=O)O. The van der Waals surface area contributed by atoms with Crippen LogP contribution in [0.4, 0.5) is 0 Å². The van der Waals surface area contributed by atoms with Gasteiger partial charge < -0.3 is 5.11 Å². The molecule has 0 bridgehead atoms. The van der Waals surface area contributed by atoms with Crippen molar-refractivity contribution in [1.82, 2.24) is 0 Å². The van der Waals surface area contributed by atoms with Gasteiger partial charge in [0.05, 0.1) is 5.56 Å². The number of fused-ring (bicyclic) bond motifs is 1. The van der Waals surface area contributed by atoms with Crippen LogP contribution < -0.4 is 0 Å². The zero-order chi connectivity index (χ0) is 10.8. The van der Waals surface area contributed by atoms with Gasteiger partial charge in [-0.3, -0.25) is 0 Å². The molecule has 0 spiro atoms. The molecule has 0 heterocycles. The molecule has 0 unspecified atom stereocenters. The maximum absolute atomic E-state index is 11.2. The zero-order valence-corrected chi connectivity index (χ0v) is 8.53. The van der Waals surface area contributed by atoms with E-state index in [2.05, 4.69) is 0 Å². The molecule has 2 heteroatoms. The highest BCUT2D eigenvalue weighted by Gasteiger charge is 2.12. The number of hydrogen-bond acceptors (Lipinski definition) is 1. The van der Waals surface area contributed by atoms with Gasteiger partial charge in [-0.25, -0.2) is 4.79 Å². The summed E-state index contributed by atoms with van der Waals surface area (Å²) in [5, 5.41) is 11.0. The number of rotatable bonds is 2. The Balaban J connectivity index is 2.85. The molecule has 2 nitrogen and oxygen atoms in total. The Morgan fingerprint density at radius 1 is 1.20 bits per heavy atom. The van der Waals surface area contributed by atoms with Gasteiger partial charge in [0, 0.05) is 0 Å². The summed E-state index contributed by atoms with van der Waals surface area (Å²) in [7, 11) is 0. The Kier molecular flexibility index (Phi) is 2.42. The summed E-state index contributed by atoms with van der Waals surface area (Å²) in [6.07, 6.45) is 0.743. The second-order valence-corrected chi connectivity index (χ2v) is 3.48. The third-order valence-corrected chi connectivity index (χ3v) is 2.61. The lowest BCUT2D eigenvalue weighted by molar-refractivity contribution is 0.0698. The van der Waals surface area contributed by atoms with E-state index < -0.39 is 5.97 Å². The summed E-state index contributed by atoms with van der Waals surface area (Å²) in [5.41, 5.74) is 1.33. The maximum atomic E-state index is 11.2. The average Bonchev–Trinajstić information content (AvgIpc) is 2.27. The van der Waals surface area contributed by atoms with Crippen LogP contribution in [0.2, 0.25) is 0 Å². The molecule has 2 aromatic rings. The quantitative estimate of drug-likeness (QED) is 0.808. The molecule has 0 fully saturated rings. The number of aromatic carboxylic acids is 1. The molecule has 0 saturated carbocycles. The van der Waals surface area contributed by atoms with Gasteiger partial charge in [0.25, 0.3) is 0 Å².